The molecule has 0 amide bonds. The molecule has 0 saturated carbocycles. The quantitative estimate of drug-likeness (QED) is 0.796. The van der Waals surface area contributed by atoms with E-state index in [1.165, 1.54) is 0 Å². The number of nitrogens with zero attached hydrogens (tertiary/aromatic N) is 1. The fraction of sp³-hybridized carbons (Fsp3) is 0.438. The van der Waals surface area contributed by atoms with Crippen molar-refractivity contribution in [2.75, 3.05) is 7.11 Å². The fourth-order valence-corrected chi connectivity index (χ4v) is 2.03. The Kier molecular flexibility index (Phi) is 4.26. The third-order valence-electron chi connectivity index (χ3n) is 4.04. The van der Waals surface area contributed by atoms with Crippen LogP contribution in [0.3, 0.4) is 0 Å². The summed E-state index contributed by atoms with van der Waals surface area (Å²) in [6, 6.07) is 3.75. The summed E-state index contributed by atoms with van der Waals surface area (Å²) in [6.45, 7) is 11.9. The van der Waals surface area contributed by atoms with Crippen LogP contribution in [0.25, 0.3) is 12.2 Å². The fourth-order valence-electron chi connectivity index (χ4n) is 2.03. The molecule has 0 N–H and O–H groups in total. The van der Waals surface area contributed by atoms with Gasteiger partial charge >= 0.3 is 7.12 Å². The van der Waals surface area contributed by atoms with E-state index in [1.54, 1.807) is 13.2 Å². The molecule has 112 valence electrons. The second-order valence-electron chi connectivity index (χ2n) is 6.02. The van der Waals surface area contributed by atoms with Crippen molar-refractivity contribution in [1.82, 2.24) is 4.98 Å². The van der Waals surface area contributed by atoms with Gasteiger partial charge in [0.25, 0.3) is 0 Å². The van der Waals surface area contributed by atoms with E-state index < -0.39 is 0 Å². The summed E-state index contributed by atoms with van der Waals surface area (Å²) in [6.07, 6.45) is 3.64. The molecule has 1 aromatic rings. The first-order valence-corrected chi connectivity index (χ1v) is 7.00. The van der Waals surface area contributed by atoms with Crippen molar-refractivity contribution in [1.29, 1.82) is 0 Å². The van der Waals surface area contributed by atoms with Gasteiger partial charge in [-0.15, -0.1) is 0 Å². The number of aromatic nitrogens is 1. The lowest BCUT2D eigenvalue weighted by Gasteiger charge is -2.32. The molecule has 0 aromatic carbocycles. The molecule has 0 aliphatic carbocycles. The molecule has 1 fully saturated rings. The Morgan fingerprint density at radius 2 is 1.81 bits per heavy atom. The average molecular weight is 287 g/mol. The first-order valence-electron chi connectivity index (χ1n) is 7.00. The standard InChI is InChI=1S/C16H22BNO3/c1-7-13-12(8-9-14(18-13)19-6)10-11-17-20-15(2,3)16(4,5)21-17/h7-11H,1H2,2-6H3/b11-10+. The minimum Gasteiger partial charge on any atom is -0.481 e. The number of hydrogen-bond donors (Lipinski definition) is 0. The molecular formula is C16H22BNO3. The maximum absolute atomic E-state index is 5.92. The van der Waals surface area contributed by atoms with Crippen molar-refractivity contribution in [3.8, 4) is 5.88 Å². The summed E-state index contributed by atoms with van der Waals surface area (Å²) in [5, 5.41) is 0. The van der Waals surface area contributed by atoms with Crippen LogP contribution in [-0.2, 0) is 9.31 Å². The van der Waals surface area contributed by atoms with Crippen molar-refractivity contribution in [3.05, 3.63) is 35.9 Å². The molecule has 0 atom stereocenters. The predicted molar refractivity (Wildman–Crippen MR) is 86.0 cm³/mol. The molecule has 2 rings (SSSR count). The molecule has 5 heteroatoms. The lowest BCUT2D eigenvalue weighted by molar-refractivity contribution is 0.00578. The molecule has 4 nitrogen and oxygen atoms in total. The Balaban J connectivity index is 2.18. The van der Waals surface area contributed by atoms with Crippen LogP contribution in [-0.4, -0.2) is 30.4 Å². The summed E-state index contributed by atoms with van der Waals surface area (Å²) in [5.41, 5.74) is 1.05. The van der Waals surface area contributed by atoms with Gasteiger partial charge in [-0.1, -0.05) is 18.6 Å². The van der Waals surface area contributed by atoms with E-state index in [0.29, 0.717) is 5.88 Å². The Labute approximate surface area is 127 Å². The predicted octanol–water partition coefficient (Wildman–Crippen LogP) is 3.38. The van der Waals surface area contributed by atoms with Crippen LogP contribution in [0.1, 0.15) is 39.0 Å². The zero-order valence-electron chi connectivity index (χ0n) is 13.3. The van der Waals surface area contributed by atoms with Gasteiger partial charge in [0.1, 0.15) is 0 Å². The third-order valence-corrected chi connectivity index (χ3v) is 4.04. The zero-order chi connectivity index (χ0) is 15.7. The number of rotatable bonds is 4. The molecule has 2 heterocycles. The molecule has 1 aromatic heterocycles. The Hall–Kier alpha value is -1.59. The summed E-state index contributed by atoms with van der Waals surface area (Å²) >= 11 is 0. The molecule has 0 spiro atoms. The van der Waals surface area contributed by atoms with Gasteiger partial charge in [-0.25, -0.2) is 4.98 Å². The molecule has 21 heavy (non-hydrogen) atoms. The lowest BCUT2D eigenvalue weighted by atomic mass is 9.89. The second-order valence-corrected chi connectivity index (χ2v) is 6.02. The second kappa shape index (κ2) is 5.66. The highest BCUT2D eigenvalue weighted by Crippen LogP contribution is 2.37. The van der Waals surface area contributed by atoms with Gasteiger partial charge in [0, 0.05) is 6.07 Å². The van der Waals surface area contributed by atoms with Gasteiger partial charge < -0.3 is 14.0 Å². The molecular weight excluding hydrogens is 265 g/mol. The van der Waals surface area contributed by atoms with Crippen LogP contribution < -0.4 is 4.74 Å². The van der Waals surface area contributed by atoms with Crippen LogP contribution in [0.5, 0.6) is 5.88 Å². The maximum atomic E-state index is 5.92. The summed E-state index contributed by atoms with van der Waals surface area (Å²) in [5.74, 6) is 2.46. The van der Waals surface area contributed by atoms with Crippen molar-refractivity contribution in [3.63, 3.8) is 0 Å². The molecule has 0 unspecified atom stereocenters. The van der Waals surface area contributed by atoms with E-state index in [1.807, 2.05) is 51.9 Å². The maximum Gasteiger partial charge on any atom is 0.487 e. The highest BCUT2D eigenvalue weighted by Gasteiger charge is 2.49. The van der Waals surface area contributed by atoms with Crippen LogP contribution in [0.15, 0.2) is 24.7 Å². The molecule has 1 aliphatic rings. The third kappa shape index (κ3) is 3.19. The van der Waals surface area contributed by atoms with Crippen LogP contribution >= 0.6 is 0 Å². The number of hydrogen-bond acceptors (Lipinski definition) is 4. The van der Waals surface area contributed by atoms with Crippen LogP contribution in [0.2, 0.25) is 0 Å². The minimum atomic E-state index is -0.366. The summed E-state index contributed by atoms with van der Waals surface area (Å²) < 4.78 is 17.0. The smallest absolute Gasteiger partial charge is 0.481 e. The van der Waals surface area contributed by atoms with Crippen molar-refractivity contribution in [2.24, 2.45) is 0 Å². The van der Waals surface area contributed by atoms with Gasteiger partial charge in [0.15, 0.2) is 0 Å². The number of pyridine rings is 1. The SMILES string of the molecule is C=Cc1nc(OC)ccc1/C=C/B1OC(C)(C)C(C)(C)O1. The Morgan fingerprint density at radius 1 is 1.19 bits per heavy atom. The highest BCUT2D eigenvalue weighted by atomic mass is 16.7. The Morgan fingerprint density at radius 3 is 2.33 bits per heavy atom. The van der Waals surface area contributed by atoms with E-state index in [9.17, 15) is 0 Å². The van der Waals surface area contributed by atoms with E-state index in [2.05, 4.69) is 11.6 Å². The first-order chi connectivity index (χ1) is 9.79. The zero-order valence-corrected chi connectivity index (χ0v) is 13.3. The molecule has 1 saturated heterocycles. The van der Waals surface area contributed by atoms with Crippen molar-refractivity contribution >= 4 is 19.3 Å². The summed E-state index contributed by atoms with van der Waals surface area (Å²) in [4.78, 5) is 4.34. The molecule has 1 aliphatic heterocycles. The summed E-state index contributed by atoms with van der Waals surface area (Å²) in [7, 11) is 1.23. The van der Waals surface area contributed by atoms with Crippen molar-refractivity contribution < 1.29 is 14.0 Å². The Bertz CT molecular complexity index is 551. The highest BCUT2D eigenvalue weighted by molar-refractivity contribution is 6.52. The largest absolute Gasteiger partial charge is 0.487 e. The number of ether oxygens (including phenoxy) is 1. The van der Waals surface area contributed by atoms with Gasteiger partial charge in [0.05, 0.1) is 24.0 Å². The van der Waals surface area contributed by atoms with Crippen LogP contribution in [0.4, 0.5) is 0 Å². The van der Waals surface area contributed by atoms with E-state index in [-0.39, 0.29) is 18.3 Å². The van der Waals surface area contributed by atoms with E-state index >= 15 is 0 Å². The minimum absolute atomic E-state index is 0.332. The van der Waals surface area contributed by atoms with Gasteiger partial charge in [-0.2, -0.15) is 0 Å². The normalized spacial score (nSPS) is 20.0. The monoisotopic (exact) mass is 287 g/mol. The first kappa shape index (κ1) is 15.8. The number of methoxy groups -OCH3 is 1. The lowest BCUT2D eigenvalue weighted by Crippen LogP contribution is -2.41. The molecule has 0 bridgehead atoms. The van der Waals surface area contributed by atoms with Gasteiger partial charge in [-0.05, 0) is 45.4 Å². The van der Waals surface area contributed by atoms with Gasteiger partial charge in [0.2, 0.25) is 5.88 Å². The topological polar surface area (TPSA) is 40.6 Å². The van der Waals surface area contributed by atoms with E-state index in [4.69, 9.17) is 14.0 Å². The van der Waals surface area contributed by atoms with Gasteiger partial charge in [-0.3, -0.25) is 0 Å². The average Bonchev–Trinajstić information content (AvgIpc) is 2.64. The molecule has 0 radical (unpaired) electrons. The van der Waals surface area contributed by atoms with Crippen molar-refractivity contribution in [2.45, 2.75) is 38.9 Å². The van der Waals surface area contributed by atoms with Crippen LogP contribution in [0, 0.1) is 0 Å². The van der Waals surface area contributed by atoms with E-state index in [0.717, 1.165) is 11.3 Å².